The van der Waals surface area contributed by atoms with Crippen molar-refractivity contribution in [1.29, 1.82) is 0 Å². The predicted molar refractivity (Wildman–Crippen MR) is 84.6 cm³/mol. The molecule has 1 fully saturated rings. The molecule has 4 atom stereocenters. The maximum absolute atomic E-state index is 5.97. The quantitative estimate of drug-likeness (QED) is 0.536. The fourth-order valence-electron chi connectivity index (χ4n) is 5.38. The van der Waals surface area contributed by atoms with Gasteiger partial charge in [0, 0.05) is 5.69 Å². The fourth-order valence-corrected chi connectivity index (χ4v) is 5.38. The van der Waals surface area contributed by atoms with Gasteiger partial charge in [-0.15, -0.1) is 0 Å². The van der Waals surface area contributed by atoms with E-state index in [2.05, 4.69) is 38.1 Å². The van der Waals surface area contributed by atoms with Crippen molar-refractivity contribution in [2.45, 2.75) is 51.9 Å². The largest absolute Gasteiger partial charge is 0.399 e. The number of hydrogen-bond donors (Lipinski definition) is 1. The molecule has 106 valence electrons. The number of rotatable bonds is 0. The molecule has 0 saturated heterocycles. The van der Waals surface area contributed by atoms with E-state index in [0.29, 0.717) is 5.41 Å². The number of nitrogen functional groups attached to an aromatic ring is 1. The third kappa shape index (κ3) is 1.55. The lowest BCUT2D eigenvalue weighted by Gasteiger charge is -2.50. The van der Waals surface area contributed by atoms with Gasteiger partial charge in [-0.1, -0.05) is 24.6 Å². The Balaban J connectivity index is 1.72. The summed E-state index contributed by atoms with van der Waals surface area (Å²) in [4.78, 5) is 0. The van der Waals surface area contributed by atoms with Gasteiger partial charge in [0.1, 0.15) is 0 Å². The van der Waals surface area contributed by atoms with Crippen molar-refractivity contribution >= 4 is 5.69 Å². The van der Waals surface area contributed by atoms with Crippen molar-refractivity contribution in [2.75, 3.05) is 5.73 Å². The Morgan fingerprint density at radius 1 is 1.25 bits per heavy atom. The molecule has 20 heavy (non-hydrogen) atoms. The van der Waals surface area contributed by atoms with Crippen LogP contribution in [0.1, 0.15) is 56.6 Å². The van der Waals surface area contributed by atoms with Crippen LogP contribution in [0, 0.1) is 17.3 Å². The van der Waals surface area contributed by atoms with E-state index < -0.39 is 0 Å². The molecule has 1 aromatic rings. The molecule has 3 aliphatic carbocycles. The zero-order valence-electron chi connectivity index (χ0n) is 12.7. The molecule has 3 aliphatic rings. The number of nitrogens with two attached hydrogens (primary N) is 1. The standard InChI is InChI=1S/C19H25N/c1-12-3-8-18-17-6-4-13-11-14(20)5-7-15(13)16(17)9-10-19(12,18)2/h3,5,7,11,16-18H,4,6,8-10,20H2,1-2H3. The Hall–Kier alpha value is -1.24. The van der Waals surface area contributed by atoms with Crippen LogP contribution < -0.4 is 5.73 Å². The second-order valence-electron chi connectivity index (χ2n) is 7.45. The van der Waals surface area contributed by atoms with E-state index >= 15 is 0 Å². The third-order valence-electron chi connectivity index (χ3n) is 6.72. The van der Waals surface area contributed by atoms with Gasteiger partial charge in [-0.2, -0.15) is 0 Å². The summed E-state index contributed by atoms with van der Waals surface area (Å²) in [5.74, 6) is 2.56. The van der Waals surface area contributed by atoms with Crippen LogP contribution >= 0.6 is 0 Å². The van der Waals surface area contributed by atoms with Gasteiger partial charge in [0.15, 0.2) is 0 Å². The van der Waals surface area contributed by atoms with E-state index in [1.807, 2.05) is 0 Å². The third-order valence-corrected chi connectivity index (χ3v) is 6.72. The van der Waals surface area contributed by atoms with Gasteiger partial charge in [0.2, 0.25) is 0 Å². The Morgan fingerprint density at radius 3 is 2.95 bits per heavy atom. The zero-order chi connectivity index (χ0) is 13.9. The maximum Gasteiger partial charge on any atom is 0.0316 e. The predicted octanol–water partition coefficient (Wildman–Crippen LogP) is 4.68. The van der Waals surface area contributed by atoms with Crippen LogP contribution in [0.4, 0.5) is 5.69 Å². The highest BCUT2D eigenvalue weighted by atomic mass is 14.6. The average Bonchev–Trinajstić information content (AvgIpc) is 2.74. The molecule has 0 bridgehead atoms. The summed E-state index contributed by atoms with van der Waals surface area (Å²) < 4.78 is 0. The lowest BCUT2D eigenvalue weighted by atomic mass is 9.54. The Labute approximate surface area is 122 Å². The molecular formula is C19H25N. The topological polar surface area (TPSA) is 26.0 Å². The number of allylic oxidation sites excluding steroid dienone is 2. The molecular weight excluding hydrogens is 242 g/mol. The van der Waals surface area contributed by atoms with Crippen molar-refractivity contribution in [3.05, 3.63) is 41.0 Å². The second kappa shape index (κ2) is 4.13. The van der Waals surface area contributed by atoms with Gasteiger partial charge < -0.3 is 5.73 Å². The Kier molecular flexibility index (Phi) is 2.58. The first-order chi connectivity index (χ1) is 9.59. The molecule has 1 heteroatoms. The Bertz CT molecular complexity index is 585. The highest BCUT2D eigenvalue weighted by molar-refractivity contribution is 5.47. The van der Waals surface area contributed by atoms with E-state index in [0.717, 1.165) is 23.4 Å². The first-order valence-electron chi connectivity index (χ1n) is 8.15. The molecule has 0 aliphatic heterocycles. The summed E-state index contributed by atoms with van der Waals surface area (Å²) in [6.45, 7) is 4.88. The van der Waals surface area contributed by atoms with Crippen LogP contribution in [0.25, 0.3) is 0 Å². The van der Waals surface area contributed by atoms with Gasteiger partial charge in [0.05, 0.1) is 0 Å². The minimum absolute atomic E-state index is 0.493. The van der Waals surface area contributed by atoms with Gasteiger partial charge in [-0.3, -0.25) is 0 Å². The van der Waals surface area contributed by atoms with E-state index in [4.69, 9.17) is 5.73 Å². The van der Waals surface area contributed by atoms with E-state index in [1.165, 1.54) is 37.7 Å². The van der Waals surface area contributed by atoms with Crippen molar-refractivity contribution in [1.82, 2.24) is 0 Å². The molecule has 1 aromatic carbocycles. The van der Waals surface area contributed by atoms with Crippen molar-refractivity contribution in [3.63, 3.8) is 0 Å². The molecule has 4 unspecified atom stereocenters. The molecule has 2 N–H and O–H groups in total. The van der Waals surface area contributed by atoms with Crippen LogP contribution in [0.15, 0.2) is 29.8 Å². The molecule has 0 aromatic heterocycles. The van der Waals surface area contributed by atoms with Crippen LogP contribution in [-0.2, 0) is 6.42 Å². The minimum atomic E-state index is 0.493. The summed E-state index contributed by atoms with van der Waals surface area (Å²) in [6.07, 6.45) is 9.15. The highest BCUT2D eigenvalue weighted by Crippen LogP contribution is 2.60. The van der Waals surface area contributed by atoms with E-state index in [-0.39, 0.29) is 0 Å². The van der Waals surface area contributed by atoms with Crippen LogP contribution in [0.5, 0.6) is 0 Å². The lowest BCUT2D eigenvalue weighted by Crippen LogP contribution is -2.40. The molecule has 1 nitrogen and oxygen atoms in total. The first-order valence-corrected chi connectivity index (χ1v) is 8.15. The van der Waals surface area contributed by atoms with Gasteiger partial charge >= 0.3 is 0 Å². The highest BCUT2D eigenvalue weighted by Gasteiger charge is 2.50. The number of hydrogen-bond acceptors (Lipinski definition) is 1. The lowest BCUT2D eigenvalue weighted by molar-refractivity contribution is 0.0754. The number of aryl methyl sites for hydroxylation is 1. The zero-order valence-corrected chi connectivity index (χ0v) is 12.7. The van der Waals surface area contributed by atoms with Crippen molar-refractivity contribution < 1.29 is 0 Å². The van der Waals surface area contributed by atoms with Crippen LogP contribution in [0.2, 0.25) is 0 Å². The summed E-state index contributed by atoms with van der Waals surface area (Å²) >= 11 is 0. The molecule has 0 spiro atoms. The summed E-state index contributed by atoms with van der Waals surface area (Å²) in [5, 5.41) is 0. The van der Waals surface area contributed by atoms with Gasteiger partial charge in [-0.05, 0) is 85.5 Å². The van der Waals surface area contributed by atoms with Gasteiger partial charge in [-0.25, -0.2) is 0 Å². The number of benzene rings is 1. The SMILES string of the molecule is CC1=CCC2C3CCc4cc(N)ccc4C3CCC12C. The molecule has 1 saturated carbocycles. The number of anilines is 1. The number of fused-ring (bicyclic) bond motifs is 5. The van der Waals surface area contributed by atoms with Crippen molar-refractivity contribution in [3.8, 4) is 0 Å². The smallest absolute Gasteiger partial charge is 0.0316 e. The second-order valence-corrected chi connectivity index (χ2v) is 7.45. The Morgan fingerprint density at radius 2 is 2.10 bits per heavy atom. The van der Waals surface area contributed by atoms with E-state index in [9.17, 15) is 0 Å². The average molecular weight is 267 g/mol. The molecule has 0 radical (unpaired) electrons. The maximum atomic E-state index is 5.97. The molecule has 0 heterocycles. The summed E-state index contributed by atoms with van der Waals surface area (Å²) in [7, 11) is 0. The molecule has 0 amide bonds. The monoisotopic (exact) mass is 267 g/mol. The van der Waals surface area contributed by atoms with Crippen LogP contribution in [0.3, 0.4) is 0 Å². The first kappa shape index (κ1) is 12.5. The summed E-state index contributed by atoms with van der Waals surface area (Å²) in [5.41, 5.74) is 12.2. The summed E-state index contributed by atoms with van der Waals surface area (Å²) in [6, 6.07) is 6.64. The normalized spacial score (nSPS) is 38.7. The van der Waals surface area contributed by atoms with Crippen LogP contribution in [-0.4, -0.2) is 0 Å². The fraction of sp³-hybridized carbons (Fsp3) is 0.579. The van der Waals surface area contributed by atoms with Gasteiger partial charge in [0.25, 0.3) is 0 Å². The minimum Gasteiger partial charge on any atom is -0.399 e. The molecule has 4 rings (SSSR count). The van der Waals surface area contributed by atoms with Crippen molar-refractivity contribution in [2.24, 2.45) is 17.3 Å². The van der Waals surface area contributed by atoms with E-state index in [1.54, 1.807) is 11.1 Å².